The van der Waals surface area contributed by atoms with Crippen molar-refractivity contribution in [1.82, 2.24) is 4.57 Å². The van der Waals surface area contributed by atoms with Gasteiger partial charge in [-0.1, -0.05) is 0 Å². The van der Waals surface area contributed by atoms with Crippen LogP contribution in [0.15, 0.2) is 47.4 Å². The fourth-order valence-electron chi connectivity index (χ4n) is 3.03. The second-order valence-corrected chi connectivity index (χ2v) is 6.48. The molecule has 1 aromatic heterocycles. The standard InChI is InChI=1S/C20H21NO4/c1-5-21-10-6-7-14(18(21)22)16-12-20(2,3)25-17-9-8-13(11-15(16)17)19(23)24-4/h6-12H,5H2,1-4H3. The number of methoxy groups -OCH3 is 1. The molecule has 5 nitrogen and oxygen atoms in total. The lowest BCUT2D eigenvalue weighted by molar-refractivity contribution is 0.0600. The Morgan fingerprint density at radius 3 is 2.68 bits per heavy atom. The lowest BCUT2D eigenvalue weighted by Gasteiger charge is -2.31. The molecule has 0 saturated heterocycles. The van der Waals surface area contributed by atoms with Gasteiger partial charge >= 0.3 is 5.97 Å². The fourth-order valence-corrected chi connectivity index (χ4v) is 3.03. The first-order valence-corrected chi connectivity index (χ1v) is 8.20. The molecular weight excluding hydrogens is 318 g/mol. The fraction of sp³-hybridized carbons (Fsp3) is 0.300. The molecule has 0 atom stereocenters. The first kappa shape index (κ1) is 17.0. The summed E-state index contributed by atoms with van der Waals surface area (Å²) < 4.78 is 12.5. The van der Waals surface area contributed by atoms with Gasteiger partial charge in [0.1, 0.15) is 11.4 Å². The van der Waals surface area contributed by atoms with Crippen LogP contribution in [0, 0.1) is 0 Å². The monoisotopic (exact) mass is 339 g/mol. The van der Waals surface area contributed by atoms with Gasteiger partial charge in [0.05, 0.1) is 12.7 Å². The summed E-state index contributed by atoms with van der Waals surface area (Å²) in [6.07, 6.45) is 3.69. The molecule has 0 spiro atoms. The average Bonchev–Trinajstić information content (AvgIpc) is 2.59. The Kier molecular flexibility index (Phi) is 4.25. The van der Waals surface area contributed by atoms with Crippen molar-refractivity contribution < 1.29 is 14.3 Å². The summed E-state index contributed by atoms with van der Waals surface area (Å²) in [4.78, 5) is 24.7. The zero-order valence-corrected chi connectivity index (χ0v) is 14.8. The molecule has 0 fully saturated rings. The Labute approximate surface area is 146 Å². The zero-order chi connectivity index (χ0) is 18.2. The summed E-state index contributed by atoms with van der Waals surface area (Å²) in [5, 5.41) is 0. The number of rotatable bonds is 3. The number of nitrogens with zero attached hydrogens (tertiary/aromatic N) is 1. The molecule has 0 bridgehead atoms. The van der Waals surface area contributed by atoms with Crippen molar-refractivity contribution in [3.05, 3.63) is 69.6 Å². The van der Waals surface area contributed by atoms with Crippen LogP contribution >= 0.6 is 0 Å². The van der Waals surface area contributed by atoms with E-state index in [1.165, 1.54) is 7.11 Å². The van der Waals surface area contributed by atoms with Crippen LogP contribution in [0.2, 0.25) is 0 Å². The number of carbonyl (C=O) groups is 1. The van der Waals surface area contributed by atoms with E-state index >= 15 is 0 Å². The molecule has 0 amide bonds. The number of ether oxygens (including phenoxy) is 2. The van der Waals surface area contributed by atoms with E-state index in [1.54, 1.807) is 35.0 Å². The molecular formula is C20H21NO4. The van der Waals surface area contributed by atoms with Crippen molar-refractivity contribution >= 4 is 11.5 Å². The second-order valence-electron chi connectivity index (χ2n) is 6.48. The van der Waals surface area contributed by atoms with Crippen molar-refractivity contribution in [3.63, 3.8) is 0 Å². The number of hydrogen-bond donors (Lipinski definition) is 0. The maximum absolute atomic E-state index is 12.8. The third-order valence-corrected chi connectivity index (χ3v) is 4.21. The highest BCUT2D eigenvalue weighted by atomic mass is 16.5. The van der Waals surface area contributed by atoms with Gasteiger partial charge in [0.25, 0.3) is 5.56 Å². The van der Waals surface area contributed by atoms with Crippen LogP contribution in [-0.2, 0) is 11.3 Å². The molecule has 1 aliphatic heterocycles. The number of aromatic nitrogens is 1. The minimum atomic E-state index is -0.561. The van der Waals surface area contributed by atoms with Gasteiger partial charge in [0, 0.05) is 23.9 Å². The molecule has 0 radical (unpaired) electrons. The summed E-state index contributed by atoms with van der Waals surface area (Å²) in [5.41, 5.74) is 1.86. The minimum Gasteiger partial charge on any atom is -0.483 e. The first-order valence-electron chi connectivity index (χ1n) is 8.20. The van der Waals surface area contributed by atoms with E-state index in [0.29, 0.717) is 29.0 Å². The molecule has 2 aromatic rings. The van der Waals surface area contributed by atoms with Gasteiger partial charge in [-0.05, 0) is 62.8 Å². The molecule has 0 N–H and O–H groups in total. The highest BCUT2D eigenvalue weighted by Crippen LogP contribution is 2.39. The SMILES string of the molecule is CCn1cccc(C2=CC(C)(C)Oc3ccc(C(=O)OC)cc32)c1=O. The maximum atomic E-state index is 12.8. The number of aryl methyl sites for hydroxylation is 1. The number of fused-ring (bicyclic) bond motifs is 1. The van der Waals surface area contributed by atoms with Crippen molar-refractivity contribution in [2.75, 3.05) is 7.11 Å². The average molecular weight is 339 g/mol. The van der Waals surface area contributed by atoms with Gasteiger partial charge in [-0.25, -0.2) is 4.79 Å². The van der Waals surface area contributed by atoms with Crippen LogP contribution < -0.4 is 10.3 Å². The largest absolute Gasteiger partial charge is 0.483 e. The van der Waals surface area contributed by atoms with Crippen LogP contribution in [0.4, 0.5) is 0 Å². The van der Waals surface area contributed by atoms with Gasteiger partial charge in [-0.3, -0.25) is 4.79 Å². The van der Waals surface area contributed by atoms with Crippen molar-refractivity contribution in [1.29, 1.82) is 0 Å². The van der Waals surface area contributed by atoms with Gasteiger partial charge in [0.15, 0.2) is 0 Å². The Bertz CT molecular complexity index is 922. The van der Waals surface area contributed by atoms with E-state index in [2.05, 4.69) is 0 Å². The maximum Gasteiger partial charge on any atom is 0.337 e. The number of benzene rings is 1. The quantitative estimate of drug-likeness (QED) is 0.806. The Balaban J connectivity index is 2.24. The van der Waals surface area contributed by atoms with Crippen LogP contribution in [-0.4, -0.2) is 23.2 Å². The third-order valence-electron chi connectivity index (χ3n) is 4.21. The van der Waals surface area contributed by atoms with E-state index < -0.39 is 11.6 Å². The highest BCUT2D eigenvalue weighted by molar-refractivity contribution is 5.93. The van der Waals surface area contributed by atoms with Crippen LogP contribution in [0.1, 0.15) is 42.3 Å². The zero-order valence-electron chi connectivity index (χ0n) is 14.8. The Hall–Kier alpha value is -2.82. The molecule has 0 unspecified atom stereocenters. The predicted molar refractivity (Wildman–Crippen MR) is 95.9 cm³/mol. The highest BCUT2D eigenvalue weighted by Gasteiger charge is 2.29. The molecule has 25 heavy (non-hydrogen) atoms. The number of carbonyl (C=O) groups excluding carboxylic acids is 1. The van der Waals surface area contributed by atoms with Crippen LogP contribution in [0.3, 0.4) is 0 Å². The third kappa shape index (κ3) is 3.09. The van der Waals surface area contributed by atoms with E-state index in [4.69, 9.17) is 9.47 Å². The number of esters is 1. The molecule has 5 heteroatoms. The summed E-state index contributed by atoms with van der Waals surface area (Å²) in [6, 6.07) is 8.78. The molecule has 1 aromatic carbocycles. The van der Waals surface area contributed by atoms with E-state index in [9.17, 15) is 9.59 Å². The second kappa shape index (κ2) is 6.24. The van der Waals surface area contributed by atoms with Gasteiger partial charge in [-0.2, -0.15) is 0 Å². The van der Waals surface area contributed by atoms with Crippen LogP contribution in [0.25, 0.3) is 5.57 Å². The molecule has 0 aliphatic carbocycles. The molecule has 0 saturated carbocycles. The van der Waals surface area contributed by atoms with Crippen molar-refractivity contribution in [3.8, 4) is 5.75 Å². The minimum absolute atomic E-state index is 0.0663. The normalized spacial score (nSPS) is 15.0. The predicted octanol–water partition coefficient (Wildman–Crippen LogP) is 3.26. The summed E-state index contributed by atoms with van der Waals surface area (Å²) in [7, 11) is 1.34. The van der Waals surface area contributed by atoms with Crippen LogP contribution in [0.5, 0.6) is 5.75 Å². The molecule has 1 aliphatic rings. The number of pyridine rings is 1. The van der Waals surface area contributed by atoms with Crippen molar-refractivity contribution in [2.45, 2.75) is 32.9 Å². The van der Waals surface area contributed by atoms with Crippen molar-refractivity contribution in [2.24, 2.45) is 0 Å². The summed E-state index contributed by atoms with van der Waals surface area (Å²) >= 11 is 0. The molecule has 130 valence electrons. The van der Waals surface area contributed by atoms with Gasteiger partial charge in [-0.15, -0.1) is 0 Å². The molecule has 3 rings (SSSR count). The molecule has 2 heterocycles. The van der Waals surface area contributed by atoms with E-state index in [-0.39, 0.29) is 5.56 Å². The van der Waals surface area contributed by atoms with Gasteiger partial charge in [0.2, 0.25) is 0 Å². The lowest BCUT2D eigenvalue weighted by Crippen LogP contribution is -2.31. The van der Waals surface area contributed by atoms with Gasteiger partial charge < -0.3 is 14.0 Å². The Morgan fingerprint density at radius 1 is 1.24 bits per heavy atom. The van der Waals surface area contributed by atoms with E-state index in [1.807, 2.05) is 32.9 Å². The summed E-state index contributed by atoms with van der Waals surface area (Å²) in [6.45, 7) is 6.39. The lowest BCUT2D eigenvalue weighted by atomic mass is 9.89. The van der Waals surface area contributed by atoms with E-state index in [0.717, 1.165) is 5.57 Å². The first-order chi connectivity index (χ1) is 11.9. The summed E-state index contributed by atoms with van der Waals surface area (Å²) in [5.74, 6) is 0.215. The smallest absolute Gasteiger partial charge is 0.337 e. The topological polar surface area (TPSA) is 57.5 Å². The Morgan fingerprint density at radius 2 is 2.00 bits per heavy atom. The number of hydrogen-bond acceptors (Lipinski definition) is 4.